The van der Waals surface area contributed by atoms with E-state index in [1.165, 1.54) is 20.8 Å². The lowest BCUT2D eigenvalue weighted by molar-refractivity contribution is -0.256. The van der Waals surface area contributed by atoms with E-state index in [1.54, 1.807) is 13.0 Å². The summed E-state index contributed by atoms with van der Waals surface area (Å²) in [4.78, 5) is 48.3. The van der Waals surface area contributed by atoms with Crippen molar-refractivity contribution in [3.63, 3.8) is 0 Å². The van der Waals surface area contributed by atoms with Crippen molar-refractivity contribution < 1.29 is 42.9 Å². The molecule has 2 bridgehead atoms. The third-order valence-electron chi connectivity index (χ3n) is 5.83. The Morgan fingerprint density at radius 2 is 1.88 bits per heavy atom. The van der Waals surface area contributed by atoms with Crippen molar-refractivity contribution in [3.05, 3.63) is 35.1 Å². The number of carbonyl (C=O) groups excluding carboxylic acids is 4. The molecule has 1 fully saturated rings. The Labute approximate surface area is 186 Å². The molecular formula is C23H28O9. The summed E-state index contributed by atoms with van der Waals surface area (Å²) in [7, 11) is 0. The zero-order valence-corrected chi connectivity index (χ0v) is 18.9. The van der Waals surface area contributed by atoms with Crippen LogP contribution in [0.3, 0.4) is 0 Å². The van der Waals surface area contributed by atoms with Gasteiger partial charge in [-0.1, -0.05) is 13.5 Å². The number of fused-ring (bicyclic) bond motifs is 3. The van der Waals surface area contributed by atoms with Crippen LogP contribution in [0.5, 0.6) is 0 Å². The molecule has 0 aliphatic carbocycles. The molecule has 0 radical (unpaired) electrons. The second-order valence-electron chi connectivity index (χ2n) is 8.70. The van der Waals surface area contributed by atoms with Gasteiger partial charge in [-0.3, -0.25) is 9.59 Å². The number of hydrogen-bond acceptors (Lipinski definition) is 9. The second kappa shape index (κ2) is 8.54. The first-order chi connectivity index (χ1) is 14.9. The average molecular weight is 448 g/mol. The highest BCUT2D eigenvalue weighted by Gasteiger charge is 2.55. The van der Waals surface area contributed by atoms with Crippen molar-refractivity contribution >= 4 is 23.9 Å². The normalized spacial score (nSPS) is 31.4. The maximum absolute atomic E-state index is 12.6. The van der Waals surface area contributed by atoms with Crippen molar-refractivity contribution in [2.75, 3.05) is 6.61 Å². The molecular weight excluding hydrogens is 420 g/mol. The minimum Gasteiger partial charge on any atom is -0.461 e. The molecule has 4 atom stereocenters. The quantitative estimate of drug-likeness (QED) is 0.356. The van der Waals surface area contributed by atoms with E-state index in [1.807, 2.05) is 6.92 Å². The summed E-state index contributed by atoms with van der Waals surface area (Å²) in [6.07, 6.45) is 1.77. The first kappa shape index (κ1) is 23.7. The van der Waals surface area contributed by atoms with Crippen LogP contribution in [0.4, 0.5) is 0 Å². The third kappa shape index (κ3) is 4.62. The molecule has 9 nitrogen and oxygen atoms in total. The number of hydrogen-bond donors (Lipinski definition) is 0. The number of esters is 4. The summed E-state index contributed by atoms with van der Waals surface area (Å²) in [5.74, 6) is -3.88. The predicted octanol–water partition coefficient (Wildman–Crippen LogP) is 2.64. The maximum Gasteiger partial charge on any atom is 0.343 e. The van der Waals surface area contributed by atoms with Gasteiger partial charge in [-0.25, -0.2) is 9.59 Å². The van der Waals surface area contributed by atoms with Crippen molar-refractivity contribution in [1.82, 2.24) is 0 Å². The molecule has 0 aromatic rings. The van der Waals surface area contributed by atoms with Crippen LogP contribution in [0.15, 0.2) is 35.1 Å². The van der Waals surface area contributed by atoms with Gasteiger partial charge < -0.3 is 23.7 Å². The fraction of sp³-hybridized carbons (Fsp3) is 0.565. The fourth-order valence-corrected chi connectivity index (χ4v) is 4.26. The van der Waals surface area contributed by atoms with Crippen LogP contribution in [-0.2, 0) is 42.9 Å². The van der Waals surface area contributed by atoms with Gasteiger partial charge in [0, 0.05) is 37.3 Å². The van der Waals surface area contributed by atoms with E-state index in [4.69, 9.17) is 23.7 Å². The van der Waals surface area contributed by atoms with Crippen LogP contribution in [-0.4, -0.2) is 48.0 Å². The topological polar surface area (TPSA) is 114 Å². The summed E-state index contributed by atoms with van der Waals surface area (Å²) < 4.78 is 28.2. The number of rotatable bonds is 5. The fourth-order valence-electron chi connectivity index (χ4n) is 4.26. The zero-order chi connectivity index (χ0) is 23.8. The number of ether oxygens (including phenoxy) is 5. The van der Waals surface area contributed by atoms with Gasteiger partial charge in [0.05, 0.1) is 11.2 Å². The molecule has 3 aliphatic rings. The van der Waals surface area contributed by atoms with E-state index >= 15 is 0 Å². The molecule has 32 heavy (non-hydrogen) atoms. The van der Waals surface area contributed by atoms with Gasteiger partial charge >= 0.3 is 23.9 Å². The van der Waals surface area contributed by atoms with E-state index < -0.39 is 47.3 Å². The van der Waals surface area contributed by atoms with Crippen molar-refractivity contribution in [2.24, 2.45) is 5.92 Å². The van der Waals surface area contributed by atoms with Gasteiger partial charge in [-0.15, -0.1) is 0 Å². The van der Waals surface area contributed by atoms with E-state index in [0.29, 0.717) is 18.4 Å². The van der Waals surface area contributed by atoms with Crippen LogP contribution >= 0.6 is 0 Å². The molecule has 0 aromatic heterocycles. The molecule has 174 valence electrons. The lowest BCUT2D eigenvalue weighted by Gasteiger charge is -2.36. The average Bonchev–Trinajstić information content (AvgIpc) is 3.15. The highest BCUT2D eigenvalue weighted by atomic mass is 16.7. The smallest absolute Gasteiger partial charge is 0.343 e. The Hall–Kier alpha value is -2.94. The van der Waals surface area contributed by atoms with E-state index in [9.17, 15) is 19.2 Å². The van der Waals surface area contributed by atoms with Crippen LogP contribution in [0.1, 0.15) is 53.9 Å². The van der Waals surface area contributed by atoms with Gasteiger partial charge in [0.15, 0.2) is 0 Å². The van der Waals surface area contributed by atoms with Crippen LogP contribution in [0.2, 0.25) is 0 Å². The molecule has 3 aliphatic heterocycles. The Morgan fingerprint density at radius 3 is 2.47 bits per heavy atom. The third-order valence-corrected chi connectivity index (χ3v) is 5.83. The molecule has 3 heterocycles. The summed E-state index contributed by atoms with van der Waals surface area (Å²) in [6.45, 7) is 10.9. The first-order valence-corrected chi connectivity index (χ1v) is 10.4. The van der Waals surface area contributed by atoms with Crippen LogP contribution < -0.4 is 0 Å². The molecule has 9 heteroatoms. The van der Waals surface area contributed by atoms with Crippen LogP contribution in [0.25, 0.3) is 0 Å². The maximum atomic E-state index is 12.6. The predicted molar refractivity (Wildman–Crippen MR) is 110 cm³/mol. The van der Waals surface area contributed by atoms with Crippen molar-refractivity contribution in [2.45, 2.75) is 71.4 Å². The standard InChI is InChI=1S/C23H28O9/c1-12(2)20(26)29-17-9-13(3)23(31-15(5)25)8-7-22(6,32-23)10-18-19(17)16(21(27)30-18)11-28-14(4)24/h10,13,17H,1,7-9,11H2,2-6H3. The zero-order valence-electron chi connectivity index (χ0n) is 18.9. The molecule has 0 aromatic carbocycles. The number of carbonyl (C=O) groups is 4. The van der Waals surface area contributed by atoms with Gasteiger partial charge in [-0.05, 0) is 32.8 Å². The van der Waals surface area contributed by atoms with E-state index in [0.717, 1.165) is 0 Å². The summed E-state index contributed by atoms with van der Waals surface area (Å²) >= 11 is 0. The Kier molecular flexibility index (Phi) is 6.33. The second-order valence-corrected chi connectivity index (χ2v) is 8.70. The van der Waals surface area contributed by atoms with E-state index in [2.05, 4.69) is 6.58 Å². The highest BCUT2D eigenvalue weighted by molar-refractivity contribution is 5.96. The highest BCUT2D eigenvalue weighted by Crippen LogP contribution is 2.49. The molecule has 4 unspecified atom stereocenters. The summed E-state index contributed by atoms with van der Waals surface area (Å²) in [6, 6.07) is 0. The Balaban J connectivity index is 2.14. The van der Waals surface area contributed by atoms with Gasteiger partial charge in [0.25, 0.3) is 0 Å². The molecule has 0 saturated carbocycles. The Bertz CT molecular complexity index is 943. The molecule has 1 saturated heterocycles. The molecule has 0 N–H and O–H groups in total. The minimum atomic E-state index is -1.23. The van der Waals surface area contributed by atoms with Gasteiger partial charge in [0.2, 0.25) is 5.79 Å². The molecule has 0 amide bonds. The first-order valence-electron chi connectivity index (χ1n) is 10.4. The minimum absolute atomic E-state index is 0.0843. The monoisotopic (exact) mass is 448 g/mol. The van der Waals surface area contributed by atoms with Crippen molar-refractivity contribution in [3.8, 4) is 0 Å². The lowest BCUT2D eigenvalue weighted by Crippen LogP contribution is -2.44. The van der Waals surface area contributed by atoms with Crippen LogP contribution in [0, 0.1) is 5.92 Å². The Morgan fingerprint density at radius 1 is 1.19 bits per heavy atom. The van der Waals surface area contributed by atoms with E-state index in [-0.39, 0.29) is 29.9 Å². The molecule has 3 rings (SSSR count). The summed E-state index contributed by atoms with van der Waals surface area (Å²) in [5, 5.41) is 0. The van der Waals surface area contributed by atoms with Crippen molar-refractivity contribution in [1.29, 1.82) is 0 Å². The lowest BCUT2D eigenvalue weighted by atomic mass is 9.85. The molecule has 0 spiro atoms. The largest absolute Gasteiger partial charge is 0.461 e. The summed E-state index contributed by atoms with van der Waals surface area (Å²) in [5.41, 5.74) is -0.335. The van der Waals surface area contributed by atoms with Gasteiger partial charge in [0.1, 0.15) is 18.5 Å². The van der Waals surface area contributed by atoms with Gasteiger partial charge in [-0.2, -0.15) is 0 Å². The SMILES string of the molecule is C=C(C)C(=O)OC1CC(C)C2(OC(C)=O)CCC(C)(C=C3OC(=O)C(COC(C)=O)=C31)O2.